The first-order valence-electron chi connectivity index (χ1n) is 6.92. The fourth-order valence-electron chi connectivity index (χ4n) is 2.70. The molecule has 0 aliphatic carbocycles. The van der Waals surface area contributed by atoms with Crippen molar-refractivity contribution in [1.82, 2.24) is 10.3 Å². The number of nitrogens with zero attached hydrogens (tertiary/aromatic N) is 1. The number of hydrogen-bond donors (Lipinski definition) is 1. The molecule has 1 aromatic carbocycles. The Hall–Kier alpha value is -1.19. The molecule has 2 heterocycles. The van der Waals surface area contributed by atoms with Gasteiger partial charge in [0.1, 0.15) is 5.01 Å². The highest BCUT2D eigenvalue weighted by molar-refractivity contribution is 7.10. The van der Waals surface area contributed by atoms with Crippen molar-refractivity contribution in [3.05, 3.63) is 39.2 Å². The molecule has 1 aliphatic rings. The monoisotopic (exact) mass is 272 g/mol. The van der Waals surface area contributed by atoms with Crippen molar-refractivity contribution in [3.63, 3.8) is 0 Å². The molecule has 1 fully saturated rings. The lowest BCUT2D eigenvalue weighted by Gasteiger charge is -2.08. The van der Waals surface area contributed by atoms with Crippen LogP contribution in [0.1, 0.15) is 40.6 Å². The van der Waals surface area contributed by atoms with E-state index in [1.54, 1.807) is 11.3 Å². The highest BCUT2D eigenvalue weighted by Gasteiger charge is 2.20. The zero-order valence-electron chi connectivity index (χ0n) is 11.8. The second kappa shape index (κ2) is 5.06. The minimum Gasteiger partial charge on any atom is -0.308 e. The molecule has 2 aromatic rings. The van der Waals surface area contributed by atoms with E-state index in [1.165, 1.54) is 40.1 Å². The third kappa shape index (κ3) is 2.45. The van der Waals surface area contributed by atoms with Gasteiger partial charge >= 0.3 is 0 Å². The lowest BCUT2D eigenvalue weighted by Crippen LogP contribution is -2.12. The maximum atomic E-state index is 4.85. The first-order chi connectivity index (χ1) is 9.15. The van der Waals surface area contributed by atoms with E-state index in [4.69, 9.17) is 4.98 Å². The number of aromatic nitrogens is 1. The highest BCUT2D eigenvalue weighted by Crippen LogP contribution is 2.32. The molecule has 100 valence electrons. The summed E-state index contributed by atoms with van der Waals surface area (Å²) in [6.45, 7) is 7.64. The van der Waals surface area contributed by atoms with E-state index in [1.807, 2.05) is 0 Å². The van der Waals surface area contributed by atoms with Crippen LogP contribution in [0.3, 0.4) is 0 Å². The van der Waals surface area contributed by atoms with Crippen molar-refractivity contribution in [1.29, 1.82) is 0 Å². The molecule has 3 heteroatoms. The van der Waals surface area contributed by atoms with Crippen LogP contribution in [0, 0.1) is 20.8 Å². The molecule has 0 bridgehead atoms. The van der Waals surface area contributed by atoms with Crippen LogP contribution < -0.4 is 5.32 Å². The number of benzene rings is 1. The standard InChI is InChI=1S/C16H20N2S/c1-10-7-12(3)13(8-11(10)2)15-9-19-16(18-15)14-5-4-6-17-14/h7-9,14,17H,4-6H2,1-3H3. The Bertz CT molecular complexity index is 595. The largest absolute Gasteiger partial charge is 0.308 e. The second-order valence-corrected chi connectivity index (χ2v) is 6.36. The van der Waals surface area contributed by atoms with Crippen LogP contribution in [0.5, 0.6) is 0 Å². The number of thiazole rings is 1. The minimum atomic E-state index is 0.477. The second-order valence-electron chi connectivity index (χ2n) is 5.47. The molecule has 0 saturated carbocycles. The molecule has 0 radical (unpaired) electrons. The summed E-state index contributed by atoms with van der Waals surface area (Å²) in [4.78, 5) is 4.85. The van der Waals surface area contributed by atoms with Gasteiger partial charge in [-0.05, 0) is 62.9 Å². The molecule has 1 saturated heterocycles. The summed E-state index contributed by atoms with van der Waals surface area (Å²) in [5.74, 6) is 0. The van der Waals surface area contributed by atoms with Gasteiger partial charge in [-0.15, -0.1) is 11.3 Å². The van der Waals surface area contributed by atoms with Gasteiger partial charge < -0.3 is 5.32 Å². The van der Waals surface area contributed by atoms with Gasteiger partial charge in [0.15, 0.2) is 0 Å². The number of rotatable bonds is 2. The summed E-state index contributed by atoms with van der Waals surface area (Å²) in [5, 5.41) is 6.96. The highest BCUT2D eigenvalue weighted by atomic mass is 32.1. The summed E-state index contributed by atoms with van der Waals surface area (Å²) in [5.41, 5.74) is 6.43. The molecule has 3 rings (SSSR count). The van der Waals surface area contributed by atoms with Crippen molar-refractivity contribution in [2.45, 2.75) is 39.7 Å². The fraction of sp³-hybridized carbons (Fsp3) is 0.438. The molecule has 2 nitrogen and oxygen atoms in total. The van der Waals surface area contributed by atoms with E-state index in [9.17, 15) is 0 Å². The third-order valence-electron chi connectivity index (χ3n) is 4.00. The summed E-state index contributed by atoms with van der Waals surface area (Å²) < 4.78 is 0. The zero-order chi connectivity index (χ0) is 13.4. The predicted molar refractivity (Wildman–Crippen MR) is 81.7 cm³/mol. The predicted octanol–water partition coefficient (Wildman–Crippen LogP) is 4.16. The van der Waals surface area contributed by atoms with Crippen LogP contribution in [0.4, 0.5) is 0 Å². The van der Waals surface area contributed by atoms with E-state index in [2.05, 4.69) is 43.6 Å². The Morgan fingerprint density at radius 2 is 1.95 bits per heavy atom. The van der Waals surface area contributed by atoms with Crippen LogP contribution in [-0.4, -0.2) is 11.5 Å². The average molecular weight is 272 g/mol. The van der Waals surface area contributed by atoms with Crippen LogP contribution >= 0.6 is 11.3 Å². The van der Waals surface area contributed by atoms with Gasteiger partial charge in [0.2, 0.25) is 0 Å². The van der Waals surface area contributed by atoms with Crippen molar-refractivity contribution in [3.8, 4) is 11.3 Å². The molecule has 1 atom stereocenters. The molecular weight excluding hydrogens is 252 g/mol. The van der Waals surface area contributed by atoms with E-state index in [0.717, 1.165) is 12.2 Å². The molecule has 1 aromatic heterocycles. The van der Waals surface area contributed by atoms with Gasteiger partial charge in [0.25, 0.3) is 0 Å². The fourth-order valence-corrected chi connectivity index (χ4v) is 3.63. The number of hydrogen-bond acceptors (Lipinski definition) is 3. The topological polar surface area (TPSA) is 24.9 Å². The van der Waals surface area contributed by atoms with Crippen molar-refractivity contribution < 1.29 is 0 Å². The van der Waals surface area contributed by atoms with E-state index in [0.29, 0.717) is 6.04 Å². The summed E-state index contributed by atoms with van der Waals surface area (Å²) in [6, 6.07) is 5.01. The van der Waals surface area contributed by atoms with E-state index >= 15 is 0 Å². The zero-order valence-corrected chi connectivity index (χ0v) is 12.6. The Balaban J connectivity index is 1.96. The molecule has 1 aliphatic heterocycles. The Morgan fingerprint density at radius 3 is 2.68 bits per heavy atom. The van der Waals surface area contributed by atoms with E-state index < -0.39 is 0 Å². The quantitative estimate of drug-likeness (QED) is 0.888. The molecule has 19 heavy (non-hydrogen) atoms. The molecule has 0 amide bonds. The minimum absolute atomic E-state index is 0.477. The first-order valence-corrected chi connectivity index (χ1v) is 7.80. The molecule has 0 spiro atoms. The van der Waals surface area contributed by atoms with Gasteiger partial charge in [-0.1, -0.05) is 6.07 Å². The molecule has 1 unspecified atom stereocenters. The Kier molecular flexibility index (Phi) is 3.42. The summed E-state index contributed by atoms with van der Waals surface area (Å²) >= 11 is 1.79. The number of nitrogens with one attached hydrogen (secondary N) is 1. The van der Waals surface area contributed by atoms with Crippen LogP contribution in [0.25, 0.3) is 11.3 Å². The maximum absolute atomic E-state index is 4.85. The average Bonchev–Trinajstić information content (AvgIpc) is 3.03. The normalized spacial score (nSPS) is 19.0. The summed E-state index contributed by atoms with van der Waals surface area (Å²) in [6.07, 6.45) is 2.49. The van der Waals surface area contributed by atoms with Crippen LogP contribution in [-0.2, 0) is 0 Å². The Labute approximate surface area is 118 Å². The van der Waals surface area contributed by atoms with Crippen LogP contribution in [0.2, 0.25) is 0 Å². The SMILES string of the molecule is Cc1cc(C)c(-c2csc(C3CCCN3)n2)cc1C. The Morgan fingerprint density at radius 1 is 1.16 bits per heavy atom. The van der Waals surface area contributed by atoms with Crippen molar-refractivity contribution in [2.75, 3.05) is 6.54 Å². The van der Waals surface area contributed by atoms with Crippen molar-refractivity contribution in [2.24, 2.45) is 0 Å². The number of aryl methyl sites for hydroxylation is 3. The van der Waals surface area contributed by atoms with Gasteiger partial charge in [0.05, 0.1) is 11.7 Å². The maximum Gasteiger partial charge on any atom is 0.110 e. The van der Waals surface area contributed by atoms with Crippen LogP contribution in [0.15, 0.2) is 17.5 Å². The van der Waals surface area contributed by atoms with Gasteiger partial charge in [-0.2, -0.15) is 0 Å². The molecular formula is C16H20N2S. The summed E-state index contributed by atoms with van der Waals surface area (Å²) in [7, 11) is 0. The van der Waals surface area contributed by atoms with Gasteiger partial charge in [-0.25, -0.2) is 4.98 Å². The molecule has 1 N–H and O–H groups in total. The van der Waals surface area contributed by atoms with Crippen molar-refractivity contribution >= 4 is 11.3 Å². The van der Waals surface area contributed by atoms with E-state index in [-0.39, 0.29) is 0 Å². The lowest BCUT2D eigenvalue weighted by atomic mass is 9.99. The first kappa shape index (κ1) is 12.8. The van der Waals surface area contributed by atoms with Gasteiger partial charge in [-0.3, -0.25) is 0 Å². The smallest absolute Gasteiger partial charge is 0.110 e. The third-order valence-corrected chi connectivity index (χ3v) is 4.96. The lowest BCUT2D eigenvalue weighted by molar-refractivity contribution is 0.643. The van der Waals surface area contributed by atoms with Gasteiger partial charge in [0, 0.05) is 10.9 Å².